The molecule has 3 heterocycles. The highest BCUT2D eigenvalue weighted by Crippen LogP contribution is 2.36. The number of hydrogen-bond acceptors (Lipinski definition) is 7. The number of morpholine rings is 1. The topological polar surface area (TPSA) is 109 Å². The molecule has 2 aromatic heterocycles. The first kappa shape index (κ1) is 24.6. The first-order valence-electron chi connectivity index (χ1n) is 12.0. The average Bonchev–Trinajstić information content (AvgIpc) is 3.26. The summed E-state index contributed by atoms with van der Waals surface area (Å²) < 4.78 is 41.4. The van der Waals surface area contributed by atoms with Crippen molar-refractivity contribution in [3.63, 3.8) is 0 Å². The van der Waals surface area contributed by atoms with Crippen LogP contribution >= 0.6 is 0 Å². The average molecular weight is 518 g/mol. The van der Waals surface area contributed by atoms with Gasteiger partial charge < -0.3 is 18.9 Å². The standard InChI is InChI=1S/C27H27N5O4S/c1-3-32-25-16-21(35-2)8-10-23(25)24(17-28)27(32)19-4-6-20(7-5-19)30-37(33,34)22-9-11-26(29-18-22)31-12-14-36-15-13-31/h4-11,16,18,30H,3,12-15H2,1-2H3. The summed E-state index contributed by atoms with van der Waals surface area (Å²) in [5.41, 5.74) is 3.49. The van der Waals surface area contributed by atoms with E-state index in [9.17, 15) is 13.7 Å². The Balaban J connectivity index is 1.41. The zero-order valence-electron chi connectivity index (χ0n) is 20.6. The summed E-state index contributed by atoms with van der Waals surface area (Å²) in [4.78, 5) is 6.49. The van der Waals surface area contributed by atoms with E-state index in [2.05, 4.69) is 25.2 Å². The maximum Gasteiger partial charge on any atom is 0.263 e. The third-order valence-corrected chi connectivity index (χ3v) is 7.84. The predicted molar refractivity (Wildman–Crippen MR) is 142 cm³/mol. The van der Waals surface area contributed by atoms with E-state index >= 15 is 0 Å². The molecule has 9 nitrogen and oxygen atoms in total. The number of aromatic nitrogens is 2. The predicted octanol–water partition coefficient (Wildman–Crippen LogP) is 4.24. The van der Waals surface area contributed by atoms with Crippen LogP contribution in [0.2, 0.25) is 0 Å². The molecule has 10 heteroatoms. The minimum absolute atomic E-state index is 0.0837. The van der Waals surface area contributed by atoms with E-state index < -0.39 is 10.0 Å². The Hall–Kier alpha value is -4.07. The number of rotatable bonds is 7. The molecular weight excluding hydrogens is 490 g/mol. The van der Waals surface area contributed by atoms with Crippen molar-refractivity contribution in [1.82, 2.24) is 9.55 Å². The van der Waals surface area contributed by atoms with E-state index in [4.69, 9.17) is 9.47 Å². The van der Waals surface area contributed by atoms with Gasteiger partial charge in [-0.15, -0.1) is 0 Å². The quantitative estimate of drug-likeness (QED) is 0.390. The van der Waals surface area contributed by atoms with Crippen LogP contribution in [0.3, 0.4) is 0 Å². The zero-order chi connectivity index (χ0) is 26.0. The van der Waals surface area contributed by atoms with Crippen LogP contribution in [-0.4, -0.2) is 51.4 Å². The van der Waals surface area contributed by atoms with E-state index in [1.54, 1.807) is 31.4 Å². The summed E-state index contributed by atoms with van der Waals surface area (Å²) in [6.45, 7) is 5.38. The molecule has 5 rings (SSSR count). The molecule has 0 spiro atoms. The number of benzene rings is 2. The number of nitriles is 1. The molecule has 4 aromatic rings. The number of methoxy groups -OCH3 is 1. The zero-order valence-corrected chi connectivity index (χ0v) is 21.5. The van der Waals surface area contributed by atoms with Crippen LogP contribution in [0.4, 0.5) is 11.5 Å². The van der Waals surface area contributed by atoms with Crippen LogP contribution < -0.4 is 14.4 Å². The molecule has 0 unspecified atom stereocenters. The van der Waals surface area contributed by atoms with Gasteiger partial charge in [-0.3, -0.25) is 4.72 Å². The molecule has 1 saturated heterocycles. The van der Waals surface area contributed by atoms with Gasteiger partial charge >= 0.3 is 0 Å². The largest absolute Gasteiger partial charge is 0.497 e. The summed E-state index contributed by atoms with van der Waals surface area (Å²) in [6.07, 6.45) is 1.37. The van der Waals surface area contributed by atoms with Crippen LogP contribution in [-0.2, 0) is 21.3 Å². The molecule has 1 aliphatic heterocycles. The van der Waals surface area contributed by atoms with E-state index in [1.807, 2.05) is 37.3 Å². The molecule has 1 fully saturated rings. The highest BCUT2D eigenvalue weighted by atomic mass is 32.2. The highest BCUT2D eigenvalue weighted by molar-refractivity contribution is 7.92. The van der Waals surface area contributed by atoms with E-state index in [0.717, 1.165) is 41.1 Å². The van der Waals surface area contributed by atoms with Crippen LogP contribution in [0, 0.1) is 11.3 Å². The van der Waals surface area contributed by atoms with Gasteiger partial charge in [0.2, 0.25) is 0 Å². The summed E-state index contributed by atoms with van der Waals surface area (Å²) in [5, 5.41) is 10.8. The van der Waals surface area contributed by atoms with Crippen molar-refractivity contribution in [2.45, 2.75) is 18.4 Å². The molecule has 37 heavy (non-hydrogen) atoms. The molecule has 190 valence electrons. The van der Waals surface area contributed by atoms with Gasteiger partial charge in [-0.1, -0.05) is 12.1 Å². The lowest BCUT2D eigenvalue weighted by molar-refractivity contribution is 0.122. The monoisotopic (exact) mass is 517 g/mol. The Morgan fingerprint density at radius 1 is 1.11 bits per heavy atom. The summed E-state index contributed by atoms with van der Waals surface area (Å²) >= 11 is 0. The van der Waals surface area contributed by atoms with Crippen molar-refractivity contribution in [1.29, 1.82) is 5.26 Å². The molecule has 0 aliphatic carbocycles. The number of hydrogen-bond donors (Lipinski definition) is 1. The van der Waals surface area contributed by atoms with Gasteiger partial charge in [-0.05, 0) is 48.9 Å². The van der Waals surface area contributed by atoms with Crippen LogP contribution in [0.5, 0.6) is 5.75 Å². The molecule has 2 aromatic carbocycles. The Kier molecular flexibility index (Phi) is 6.74. The molecule has 0 atom stereocenters. The molecule has 0 saturated carbocycles. The molecule has 1 N–H and O–H groups in total. The molecule has 1 aliphatic rings. The third kappa shape index (κ3) is 4.71. The minimum Gasteiger partial charge on any atom is -0.497 e. The lowest BCUT2D eigenvalue weighted by Crippen LogP contribution is -2.36. The van der Waals surface area contributed by atoms with E-state index in [0.29, 0.717) is 36.8 Å². The summed E-state index contributed by atoms with van der Waals surface area (Å²) in [6, 6.07) is 18.3. The van der Waals surface area contributed by atoms with Crippen molar-refractivity contribution in [3.8, 4) is 23.1 Å². The van der Waals surface area contributed by atoms with Gasteiger partial charge in [0.05, 0.1) is 37.1 Å². The van der Waals surface area contributed by atoms with Gasteiger partial charge in [0.15, 0.2) is 0 Å². The lowest BCUT2D eigenvalue weighted by atomic mass is 10.1. The second kappa shape index (κ2) is 10.1. The number of ether oxygens (including phenoxy) is 2. The fourth-order valence-electron chi connectivity index (χ4n) is 4.62. The first-order chi connectivity index (χ1) is 17.9. The number of anilines is 2. The fraction of sp³-hybridized carbons (Fsp3) is 0.259. The van der Waals surface area contributed by atoms with Crippen molar-refractivity contribution in [3.05, 3.63) is 66.4 Å². The Bertz CT molecular complexity index is 1570. The van der Waals surface area contributed by atoms with Crippen LogP contribution in [0.1, 0.15) is 12.5 Å². The fourth-order valence-corrected chi connectivity index (χ4v) is 5.62. The Morgan fingerprint density at radius 2 is 1.86 bits per heavy atom. The van der Waals surface area contributed by atoms with Gasteiger partial charge in [0.1, 0.15) is 22.5 Å². The van der Waals surface area contributed by atoms with Gasteiger partial charge in [-0.25, -0.2) is 13.4 Å². The molecule has 0 amide bonds. The van der Waals surface area contributed by atoms with Gasteiger partial charge in [0.25, 0.3) is 10.0 Å². The number of nitrogens with zero attached hydrogens (tertiary/aromatic N) is 4. The van der Waals surface area contributed by atoms with Gasteiger partial charge in [-0.2, -0.15) is 5.26 Å². The smallest absolute Gasteiger partial charge is 0.263 e. The number of pyridine rings is 1. The van der Waals surface area contributed by atoms with Crippen molar-refractivity contribution in [2.24, 2.45) is 0 Å². The number of nitrogens with one attached hydrogen (secondary N) is 1. The SMILES string of the molecule is CCn1c(-c2ccc(NS(=O)(=O)c3ccc(N4CCOCC4)nc3)cc2)c(C#N)c2ccc(OC)cc21. The van der Waals surface area contributed by atoms with E-state index in [-0.39, 0.29) is 4.90 Å². The first-order valence-corrected chi connectivity index (χ1v) is 13.5. The minimum atomic E-state index is -3.82. The summed E-state index contributed by atoms with van der Waals surface area (Å²) in [7, 11) is -2.21. The lowest BCUT2D eigenvalue weighted by Gasteiger charge is -2.27. The Morgan fingerprint density at radius 3 is 2.49 bits per heavy atom. The molecular formula is C27H27N5O4S. The maximum absolute atomic E-state index is 13.0. The normalized spacial score (nSPS) is 13.9. The molecule has 0 radical (unpaired) electrons. The van der Waals surface area contributed by atoms with Gasteiger partial charge in [0, 0.05) is 43.0 Å². The number of aryl methyl sites for hydroxylation is 1. The third-order valence-electron chi connectivity index (χ3n) is 6.48. The van der Waals surface area contributed by atoms with Crippen LogP contribution in [0.15, 0.2) is 65.7 Å². The Labute approximate surface area is 215 Å². The maximum atomic E-state index is 13.0. The van der Waals surface area contributed by atoms with Crippen molar-refractivity contribution < 1.29 is 17.9 Å². The number of fused-ring (bicyclic) bond motifs is 1. The summed E-state index contributed by atoms with van der Waals surface area (Å²) in [5.74, 6) is 1.44. The van der Waals surface area contributed by atoms with E-state index in [1.165, 1.54) is 6.20 Å². The van der Waals surface area contributed by atoms with Crippen molar-refractivity contribution >= 4 is 32.4 Å². The molecule has 0 bridgehead atoms. The number of sulfonamides is 1. The van der Waals surface area contributed by atoms with Crippen LogP contribution in [0.25, 0.3) is 22.2 Å². The highest BCUT2D eigenvalue weighted by Gasteiger charge is 2.20. The second-order valence-electron chi connectivity index (χ2n) is 8.60. The second-order valence-corrected chi connectivity index (χ2v) is 10.3. The van der Waals surface area contributed by atoms with Crippen molar-refractivity contribution in [2.75, 3.05) is 43.0 Å².